The van der Waals surface area contributed by atoms with E-state index in [2.05, 4.69) is 29.4 Å². The summed E-state index contributed by atoms with van der Waals surface area (Å²) in [4.78, 5) is 0. The molecule has 1 aromatic carbocycles. The van der Waals surface area contributed by atoms with Crippen LogP contribution >= 0.6 is 0 Å². The Balaban J connectivity index is 2.09. The molecule has 88 valence electrons. The molecule has 1 unspecified atom stereocenters. The van der Waals surface area contributed by atoms with Gasteiger partial charge in [-0.2, -0.15) is 0 Å². The molecular weight excluding hydrogens is 212 g/mol. The topological polar surface area (TPSA) is 56.7 Å². The number of fused-ring (bicyclic) bond motifs is 1. The number of hydrogen-bond acceptors (Lipinski definition) is 3. The van der Waals surface area contributed by atoms with Crippen molar-refractivity contribution in [2.45, 2.75) is 32.2 Å². The Morgan fingerprint density at radius 2 is 2.18 bits per heavy atom. The quantitative estimate of drug-likeness (QED) is 0.802. The summed E-state index contributed by atoms with van der Waals surface area (Å²) in [5.41, 5.74) is 10.6. The molecule has 0 amide bonds. The van der Waals surface area contributed by atoms with E-state index in [9.17, 15) is 0 Å². The molecule has 0 bridgehead atoms. The molecule has 17 heavy (non-hydrogen) atoms. The van der Waals surface area contributed by atoms with Crippen molar-refractivity contribution < 1.29 is 0 Å². The SMILES string of the molecule is Cc1ccccc1-n1nnc2c1CCC(N)C2. The van der Waals surface area contributed by atoms with Crippen molar-refractivity contribution in [1.82, 2.24) is 15.0 Å². The molecule has 0 spiro atoms. The monoisotopic (exact) mass is 228 g/mol. The first kappa shape index (κ1) is 10.5. The molecule has 0 radical (unpaired) electrons. The van der Waals surface area contributed by atoms with Gasteiger partial charge < -0.3 is 5.73 Å². The summed E-state index contributed by atoms with van der Waals surface area (Å²) >= 11 is 0. The van der Waals surface area contributed by atoms with E-state index in [0.717, 1.165) is 30.6 Å². The number of nitrogens with zero attached hydrogens (tertiary/aromatic N) is 3. The van der Waals surface area contributed by atoms with Gasteiger partial charge in [0.25, 0.3) is 0 Å². The lowest BCUT2D eigenvalue weighted by atomic mass is 9.96. The van der Waals surface area contributed by atoms with Crippen LogP contribution in [0.15, 0.2) is 24.3 Å². The van der Waals surface area contributed by atoms with Crippen LogP contribution in [0.1, 0.15) is 23.4 Å². The van der Waals surface area contributed by atoms with Gasteiger partial charge in [-0.1, -0.05) is 23.4 Å². The minimum absolute atomic E-state index is 0.240. The summed E-state index contributed by atoms with van der Waals surface area (Å²) in [5.74, 6) is 0. The van der Waals surface area contributed by atoms with Crippen molar-refractivity contribution in [2.24, 2.45) is 5.73 Å². The van der Waals surface area contributed by atoms with Crippen LogP contribution in [-0.4, -0.2) is 21.0 Å². The Hall–Kier alpha value is -1.68. The molecule has 0 aliphatic heterocycles. The van der Waals surface area contributed by atoms with Crippen LogP contribution < -0.4 is 5.73 Å². The van der Waals surface area contributed by atoms with Gasteiger partial charge in [0.2, 0.25) is 0 Å². The van der Waals surface area contributed by atoms with Crippen LogP contribution in [-0.2, 0) is 12.8 Å². The predicted molar refractivity (Wildman–Crippen MR) is 66.1 cm³/mol. The van der Waals surface area contributed by atoms with E-state index in [-0.39, 0.29) is 6.04 Å². The third kappa shape index (κ3) is 1.74. The van der Waals surface area contributed by atoms with Crippen molar-refractivity contribution in [3.63, 3.8) is 0 Å². The Bertz CT molecular complexity index is 544. The second-order valence-corrected chi connectivity index (χ2v) is 4.68. The Morgan fingerprint density at radius 1 is 1.35 bits per heavy atom. The first-order chi connectivity index (χ1) is 8.25. The summed E-state index contributed by atoms with van der Waals surface area (Å²) in [6.07, 6.45) is 2.84. The lowest BCUT2D eigenvalue weighted by Gasteiger charge is -2.18. The van der Waals surface area contributed by atoms with Gasteiger partial charge in [0.05, 0.1) is 17.1 Å². The molecule has 1 atom stereocenters. The summed E-state index contributed by atoms with van der Waals surface area (Å²) < 4.78 is 1.97. The van der Waals surface area contributed by atoms with Crippen LogP contribution in [0.4, 0.5) is 0 Å². The van der Waals surface area contributed by atoms with E-state index in [0.29, 0.717) is 0 Å². The number of nitrogens with two attached hydrogens (primary N) is 1. The normalized spacial score (nSPS) is 19.1. The van der Waals surface area contributed by atoms with Crippen LogP contribution in [0.25, 0.3) is 5.69 Å². The highest BCUT2D eigenvalue weighted by atomic mass is 15.4. The van der Waals surface area contributed by atoms with Gasteiger partial charge in [0.15, 0.2) is 0 Å². The average molecular weight is 228 g/mol. The highest BCUT2D eigenvalue weighted by Crippen LogP contribution is 2.22. The molecule has 1 aromatic heterocycles. The van der Waals surface area contributed by atoms with E-state index < -0.39 is 0 Å². The molecule has 4 heteroatoms. The van der Waals surface area contributed by atoms with Gasteiger partial charge in [-0.3, -0.25) is 0 Å². The molecule has 0 fully saturated rings. The molecule has 0 saturated heterocycles. The van der Waals surface area contributed by atoms with E-state index >= 15 is 0 Å². The molecule has 1 aliphatic rings. The van der Waals surface area contributed by atoms with Gasteiger partial charge in [0.1, 0.15) is 0 Å². The molecule has 3 rings (SSSR count). The molecule has 1 heterocycles. The van der Waals surface area contributed by atoms with Gasteiger partial charge in [0, 0.05) is 12.5 Å². The molecule has 2 aromatic rings. The van der Waals surface area contributed by atoms with E-state index in [1.54, 1.807) is 0 Å². The number of benzene rings is 1. The van der Waals surface area contributed by atoms with Gasteiger partial charge in [-0.15, -0.1) is 5.10 Å². The first-order valence-electron chi connectivity index (χ1n) is 6.01. The van der Waals surface area contributed by atoms with Crippen molar-refractivity contribution >= 4 is 0 Å². The summed E-state index contributed by atoms with van der Waals surface area (Å²) in [6.45, 7) is 2.10. The van der Waals surface area contributed by atoms with Crippen molar-refractivity contribution in [3.8, 4) is 5.69 Å². The fourth-order valence-corrected chi connectivity index (χ4v) is 2.41. The van der Waals surface area contributed by atoms with Gasteiger partial charge >= 0.3 is 0 Å². The van der Waals surface area contributed by atoms with Crippen molar-refractivity contribution in [3.05, 3.63) is 41.2 Å². The average Bonchev–Trinajstić information content (AvgIpc) is 2.72. The number of aromatic nitrogens is 3. The van der Waals surface area contributed by atoms with Crippen LogP contribution in [0.3, 0.4) is 0 Å². The van der Waals surface area contributed by atoms with Gasteiger partial charge in [-0.25, -0.2) is 4.68 Å². The molecule has 1 aliphatic carbocycles. The Morgan fingerprint density at radius 3 is 3.00 bits per heavy atom. The van der Waals surface area contributed by atoms with Crippen LogP contribution in [0.5, 0.6) is 0 Å². The number of rotatable bonds is 1. The van der Waals surface area contributed by atoms with E-state index in [4.69, 9.17) is 5.73 Å². The predicted octanol–water partition coefficient (Wildman–Crippen LogP) is 1.39. The lowest BCUT2D eigenvalue weighted by Crippen LogP contribution is -2.28. The zero-order chi connectivity index (χ0) is 11.8. The molecule has 2 N–H and O–H groups in total. The maximum absolute atomic E-state index is 5.95. The molecule has 4 nitrogen and oxygen atoms in total. The number of aryl methyl sites for hydroxylation is 1. The fraction of sp³-hybridized carbons (Fsp3) is 0.385. The first-order valence-corrected chi connectivity index (χ1v) is 6.01. The maximum Gasteiger partial charge on any atom is 0.0879 e. The number of para-hydroxylation sites is 1. The Labute approximate surface area is 100 Å². The highest BCUT2D eigenvalue weighted by molar-refractivity contribution is 5.41. The fourth-order valence-electron chi connectivity index (χ4n) is 2.41. The zero-order valence-electron chi connectivity index (χ0n) is 9.93. The summed E-state index contributed by atoms with van der Waals surface area (Å²) in [6, 6.07) is 8.49. The third-order valence-electron chi connectivity index (χ3n) is 3.39. The van der Waals surface area contributed by atoms with E-state index in [1.807, 2.05) is 16.8 Å². The summed E-state index contributed by atoms with van der Waals surface area (Å²) in [7, 11) is 0. The second kappa shape index (κ2) is 3.96. The second-order valence-electron chi connectivity index (χ2n) is 4.68. The maximum atomic E-state index is 5.95. The molecule has 0 saturated carbocycles. The van der Waals surface area contributed by atoms with Gasteiger partial charge in [-0.05, 0) is 31.4 Å². The smallest absolute Gasteiger partial charge is 0.0879 e. The Kier molecular flexibility index (Phi) is 2.44. The van der Waals surface area contributed by atoms with Crippen LogP contribution in [0.2, 0.25) is 0 Å². The van der Waals surface area contributed by atoms with E-state index in [1.165, 1.54) is 11.3 Å². The largest absolute Gasteiger partial charge is 0.327 e. The minimum Gasteiger partial charge on any atom is -0.327 e. The van der Waals surface area contributed by atoms with Crippen LogP contribution in [0, 0.1) is 6.92 Å². The van der Waals surface area contributed by atoms with Crippen molar-refractivity contribution in [2.75, 3.05) is 0 Å². The molecular formula is C13H16N4. The number of hydrogen-bond donors (Lipinski definition) is 1. The summed E-state index contributed by atoms with van der Waals surface area (Å²) in [5, 5.41) is 8.53. The minimum atomic E-state index is 0.240. The highest BCUT2D eigenvalue weighted by Gasteiger charge is 2.22. The standard InChI is InChI=1S/C13H16N4/c1-9-4-2-3-5-12(9)17-13-7-6-10(14)8-11(13)15-16-17/h2-5,10H,6-8,14H2,1H3. The third-order valence-corrected chi connectivity index (χ3v) is 3.39. The zero-order valence-corrected chi connectivity index (χ0v) is 9.93. The lowest BCUT2D eigenvalue weighted by molar-refractivity contribution is 0.558. The van der Waals surface area contributed by atoms with Crippen molar-refractivity contribution in [1.29, 1.82) is 0 Å².